The quantitative estimate of drug-likeness (QED) is 0.345. The molecule has 0 aliphatic rings. The Kier molecular flexibility index (Phi) is 4.47. The molecule has 30 heavy (non-hydrogen) atoms. The van der Waals surface area contributed by atoms with Crippen LogP contribution in [0.25, 0.3) is 21.7 Å². The summed E-state index contributed by atoms with van der Waals surface area (Å²) < 4.78 is 5.86. The first-order valence-corrected chi connectivity index (χ1v) is 9.62. The molecule has 0 aliphatic carbocycles. The number of anilines is 2. The summed E-state index contributed by atoms with van der Waals surface area (Å²) in [5.41, 5.74) is 2.97. The number of rotatable bonds is 4. The number of pyridine rings is 1. The van der Waals surface area contributed by atoms with Crippen LogP contribution in [0.3, 0.4) is 0 Å². The Morgan fingerprint density at radius 2 is 1.43 bits per heavy atom. The molecule has 1 aromatic heterocycles. The third-order valence-electron chi connectivity index (χ3n) is 4.96. The van der Waals surface area contributed by atoms with E-state index in [9.17, 15) is 5.26 Å². The second kappa shape index (κ2) is 7.57. The maximum absolute atomic E-state index is 9.63. The number of nitrogens with zero attached hydrogens (tertiary/aromatic N) is 2. The molecule has 4 nitrogen and oxygen atoms in total. The second-order valence-corrected chi connectivity index (χ2v) is 6.94. The van der Waals surface area contributed by atoms with Crippen LogP contribution >= 0.6 is 0 Å². The number of ether oxygens (including phenoxy) is 1. The van der Waals surface area contributed by atoms with Gasteiger partial charge in [-0.15, -0.1) is 0 Å². The highest BCUT2D eigenvalue weighted by Gasteiger charge is 2.11. The van der Waals surface area contributed by atoms with E-state index in [1.165, 1.54) is 0 Å². The van der Waals surface area contributed by atoms with Gasteiger partial charge in [0.2, 0.25) is 0 Å². The van der Waals surface area contributed by atoms with Crippen LogP contribution in [0.4, 0.5) is 11.4 Å². The van der Waals surface area contributed by atoms with Gasteiger partial charge in [0, 0.05) is 17.3 Å². The Morgan fingerprint density at radius 3 is 2.17 bits per heavy atom. The zero-order chi connectivity index (χ0) is 20.3. The van der Waals surface area contributed by atoms with Crippen molar-refractivity contribution in [1.82, 2.24) is 4.98 Å². The molecule has 0 saturated carbocycles. The van der Waals surface area contributed by atoms with Crippen LogP contribution in [0.2, 0.25) is 0 Å². The van der Waals surface area contributed by atoms with E-state index >= 15 is 0 Å². The van der Waals surface area contributed by atoms with Gasteiger partial charge in [0.05, 0.1) is 16.8 Å². The van der Waals surface area contributed by atoms with E-state index in [2.05, 4.69) is 34.6 Å². The highest BCUT2D eigenvalue weighted by molar-refractivity contribution is 6.04. The topological polar surface area (TPSA) is 57.9 Å². The zero-order valence-electron chi connectivity index (χ0n) is 16.0. The first-order chi connectivity index (χ1) is 14.8. The number of fused-ring (bicyclic) bond motifs is 2. The molecule has 0 aliphatic heterocycles. The summed E-state index contributed by atoms with van der Waals surface area (Å²) in [7, 11) is 0. The molecular weight excluding hydrogens is 370 g/mol. The standard InChI is InChI=1S/C26H17N3O/c27-16-20-17-28-25-15-19-7-5-4-6-18(19)14-24(25)26(20)29-21-10-12-23(13-11-21)30-22-8-2-1-3-9-22/h1-15,17H,(H,28,29). The first-order valence-electron chi connectivity index (χ1n) is 9.62. The fraction of sp³-hybridized carbons (Fsp3) is 0. The lowest BCUT2D eigenvalue weighted by molar-refractivity contribution is 0.483. The third kappa shape index (κ3) is 3.41. The van der Waals surface area contributed by atoms with Crippen molar-refractivity contribution < 1.29 is 4.74 Å². The molecule has 1 heterocycles. The summed E-state index contributed by atoms with van der Waals surface area (Å²) in [4.78, 5) is 4.48. The molecule has 0 radical (unpaired) electrons. The van der Waals surface area contributed by atoms with E-state index in [1.807, 2.05) is 72.8 Å². The van der Waals surface area contributed by atoms with Gasteiger partial charge in [0.1, 0.15) is 17.6 Å². The summed E-state index contributed by atoms with van der Waals surface area (Å²) >= 11 is 0. The van der Waals surface area contributed by atoms with Crippen molar-refractivity contribution in [3.63, 3.8) is 0 Å². The molecule has 0 saturated heterocycles. The van der Waals surface area contributed by atoms with Gasteiger partial charge in [0.25, 0.3) is 0 Å². The molecular formula is C26H17N3O. The number of aromatic nitrogens is 1. The van der Waals surface area contributed by atoms with E-state index < -0.39 is 0 Å². The van der Waals surface area contributed by atoms with Crippen LogP contribution in [-0.4, -0.2) is 4.98 Å². The fourth-order valence-corrected chi connectivity index (χ4v) is 3.47. The van der Waals surface area contributed by atoms with Crippen LogP contribution in [0, 0.1) is 11.3 Å². The predicted molar refractivity (Wildman–Crippen MR) is 120 cm³/mol. The average molecular weight is 387 g/mol. The van der Waals surface area contributed by atoms with Gasteiger partial charge >= 0.3 is 0 Å². The fourth-order valence-electron chi connectivity index (χ4n) is 3.47. The van der Waals surface area contributed by atoms with Crippen LogP contribution in [-0.2, 0) is 0 Å². The summed E-state index contributed by atoms with van der Waals surface area (Å²) in [6, 6.07) is 31.9. The molecule has 0 fully saturated rings. The molecule has 5 aromatic rings. The van der Waals surface area contributed by atoms with Gasteiger partial charge in [-0.3, -0.25) is 4.98 Å². The molecule has 0 amide bonds. The van der Waals surface area contributed by atoms with Crippen molar-refractivity contribution in [3.05, 3.63) is 103 Å². The molecule has 0 unspecified atom stereocenters. The molecule has 5 rings (SSSR count). The highest BCUT2D eigenvalue weighted by atomic mass is 16.5. The molecule has 4 heteroatoms. The van der Waals surface area contributed by atoms with Gasteiger partial charge in [0.15, 0.2) is 0 Å². The minimum atomic E-state index is 0.502. The van der Waals surface area contributed by atoms with Crippen molar-refractivity contribution in [2.75, 3.05) is 5.32 Å². The molecule has 0 spiro atoms. The summed E-state index contributed by atoms with van der Waals surface area (Å²) in [6.45, 7) is 0. The van der Waals surface area contributed by atoms with Gasteiger partial charge in [-0.2, -0.15) is 5.26 Å². The molecule has 0 bridgehead atoms. The Hall–Kier alpha value is -4.36. The maximum atomic E-state index is 9.63. The Bertz CT molecular complexity index is 1390. The van der Waals surface area contributed by atoms with E-state index in [1.54, 1.807) is 6.20 Å². The largest absolute Gasteiger partial charge is 0.457 e. The molecule has 1 N–H and O–H groups in total. The van der Waals surface area contributed by atoms with Gasteiger partial charge in [-0.1, -0.05) is 42.5 Å². The third-order valence-corrected chi connectivity index (χ3v) is 4.96. The smallest absolute Gasteiger partial charge is 0.127 e. The minimum absolute atomic E-state index is 0.502. The van der Waals surface area contributed by atoms with E-state index in [4.69, 9.17) is 4.74 Å². The van der Waals surface area contributed by atoms with Crippen molar-refractivity contribution in [3.8, 4) is 17.6 Å². The van der Waals surface area contributed by atoms with Crippen molar-refractivity contribution >= 4 is 33.1 Å². The summed E-state index contributed by atoms with van der Waals surface area (Å²) in [5, 5.41) is 16.2. The number of hydrogen-bond acceptors (Lipinski definition) is 4. The van der Waals surface area contributed by atoms with E-state index in [0.29, 0.717) is 5.56 Å². The van der Waals surface area contributed by atoms with Crippen LogP contribution in [0.5, 0.6) is 11.5 Å². The Morgan fingerprint density at radius 1 is 0.767 bits per heavy atom. The minimum Gasteiger partial charge on any atom is -0.457 e. The Labute approximate surface area is 174 Å². The zero-order valence-corrected chi connectivity index (χ0v) is 16.0. The Balaban J connectivity index is 1.51. The van der Waals surface area contributed by atoms with Gasteiger partial charge in [-0.25, -0.2) is 0 Å². The van der Waals surface area contributed by atoms with Gasteiger partial charge < -0.3 is 10.1 Å². The highest BCUT2D eigenvalue weighted by Crippen LogP contribution is 2.32. The van der Waals surface area contributed by atoms with Crippen LogP contribution in [0.1, 0.15) is 5.56 Å². The monoisotopic (exact) mass is 387 g/mol. The molecule has 142 valence electrons. The van der Waals surface area contributed by atoms with E-state index in [-0.39, 0.29) is 0 Å². The number of para-hydroxylation sites is 1. The van der Waals surface area contributed by atoms with Crippen LogP contribution < -0.4 is 10.1 Å². The number of benzene rings is 4. The van der Waals surface area contributed by atoms with Crippen LogP contribution in [0.15, 0.2) is 97.2 Å². The SMILES string of the molecule is N#Cc1cnc2cc3ccccc3cc2c1Nc1ccc(Oc2ccccc2)cc1. The molecule has 0 atom stereocenters. The first kappa shape index (κ1) is 17.7. The number of nitriles is 1. The molecule has 4 aromatic carbocycles. The van der Waals surface area contributed by atoms with Gasteiger partial charge in [-0.05, 0) is 59.3 Å². The second-order valence-electron chi connectivity index (χ2n) is 6.94. The summed E-state index contributed by atoms with van der Waals surface area (Å²) in [5.74, 6) is 1.54. The maximum Gasteiger partial charge on any atom is 0.127 e. The van der Waals surface area contributed by atoms with Crippen molar-refractivity contribution in [2.24, 2.45) is 0 Å². The lowest BCUT2D eigenvalue weighted by atomic mass is 10.0. The van der Waals surface area contributed by atoms with Crippen molar-refractivity contribution in [1.29, 1.82) is 5.26 Å². The lowest BCUT2D eigenvalue weighted by Gasteiger charge is -2.13. The summed E-state index contributed by atoms with van der Waals surface area (Å²) in [6.07, 6.45) is 1.62. The normalized spacial score (nSPS) is 10.6. The average Bonchev–Trinajstić information content (AvgIpc) is 2.80. The van der Waals surface area contributed by atoms with E-state index in [0.717, 1.165) is 44.5 Å². The lowest BCUT2D eigenvalue weighted by Crippen LogP contribution is -1.97. The number of nitrogens with one attached hydrogen (secondary N) is 1. The predicted octanol–water partition coefficient (Wildman–Crippen LogP) is 6.80. The number of hydrogen-bond donors (Lipinski definition) is 1. The van der Waals surface area contributed by atoms with Crippen molar-refractivity contribution in [2.45, 2.75) is 0 Å².